The lowest BCUT2D eigenvalue weighted by Gasteiger charge is -2.33. The van der Waals surface area contributed by atoms with Crippen LogP contribution < -0.4 is 14.8 Å². The van der Waals surface area contributed by atoms with Gasteiger partial charge in [0.05, 0.1) is 13.2 Å². The Morgan fingerprint density at radius 1 is 1.50 bits per heavy atom. The standard InChI is InChI=1S/C15H24N2O3/c1-4-18-15-12(6-5-7-17-15)20-14(11(2)3)13-10-16-8-9-19-13/h5-7,11,13-14,16H,4,8-10H2,1-3H3. The maximum atomic E-state index is 6.15. The van der Waals surface area contributed by atoms with Crippen LogP contribution in [0.25, 0.3) is 0 Å². The van der Waals surface area contributed by atoms with Gasteiger partial charge in [-0.1, -0.05) is 13.8 Å². The third kappa shape index (κ3) is 3.84. The van der Waals surface area contributed by atoms with Crippen molar-refractivity contribution in [2.24, 2.45) is 5.92 Å². The quantitative estimate of drug-likeness (QED) is 0.862. The Morgan fingerprint density at radius 3 is 3.00 bits per heavy atom. The first-order chi connectivity index (χ1) is 9.72. The van der Waals surface area contributed by atoms with Gasteiger partial charge < -0.3 is 19.5 Å². The van der Waals surface area contributed by atoms with Gasteiger partial charge in [-0.2, -0.15) is 0 Å². The fraction of sp³-hybridized carbons (Fsp3) is 0.667. The minimum atomic E-state index is -0.0220. The third-order valence-corrected chi connectivity index (χ3v) is 3.26. The van der Waals surface area contributed by atoms with E-state index in [1.54, 1.807) is 6.20 Å². The summed E-state index contributed by atoms with van der Waals surface area (Å²) in [5, 5.41) is 3.34. The Bertz CT molecular complexity index is 406. The summed E-state index contributed by atoms with van der Waals surface area (Å²) < 4.78 is 17.5. The molecule has 5 nitrogen and oxygen atoms in total. The maximum absolute atomic E-state index is 6.15. The van der Waals surface area contributed by atoms with Gasteiger partial charge in [0.2, 0.25) is 0 Å². The minimum absolute atomic E-state index is 0.0220. The summed E-state index contributed by atoms with van der Waals surface area (Å²) in [5.41, 5.74) is 0. The first kappa shape index (κ1) is 15.1. The second-order valence-electron chi connectivity index (χ2n) is 5.18. The zero-order chi connectivity index (χ0) is 14.4. The Labute approximate surface area is 120 Å². The smallest absolute Gasteiger partial charge is 0.256 e. The van der Waals surface area contributed by atoms with Gasteiger partial charge in [0.15, 0.2) is 5.75 Å². The van der Waals surface area contributed by atoms with Gasteiger partial charge >= 0.3 is 0 Å². The molecule has 0 saturated carbocycles. The minimum Gasteiger partial charge on any atom is -0.482 e. The summed E-state index contributed by atoms with van der Waals surface area (Å²) in [6.45, 7) is 9.22. The lowest BCUT2D eigenvalue weighted by molar-refractivity contribution is -0.0584. The Morgan fingerprint density at radius 2 is 2.35 bits per heavy atom. The van der Waals surface area contributed by atoms with E-state index in [0.29, 0.717) is 24.2 Å². The average molecular weight is 280 g/mol. The molecule has 0 aliphatic carbocycles. The Kier molecular flexibility index (Phi) is 5.61. The van der Waals surface area contributed by atoms with Crippen molar-refractivity contribution in [1.29, 1.82) is 0 Å². The number of hydrogen-bond donors (Lipinski definition) is 1. The molecule has 0 aromatic carbocycles. The summed E-state index contributed by atoms with van der Waals surface area (Å²) in [7, 11) is 0. The van der Waals surface area contributed by atoms with E-state index in [-0.39, 0.29) is 12.2 Å². The summed E-state index contributed by atoms with van der Waals surface area (Å²) in [5.74, 6) is 1.57. The fourth-order valence-corrected chi connectivity index (χ4v) is 2.30. The highest BCUT2D eigenvalue weighted by Gasteiger charge is 2.29. The number of hydrogen-bond acceptors (Lipinski definition) is 5. The Hall–Kier alpha value is -1.33. The molecule has 2 unspecified atom stereocenters. The van der Waals surface area contributed by atoms with E-state index in [4.69, 9.17) is 14.2 Å². The molecule has 1 aromatic heterocycles. The molecule has 1 aliphatic heterocycles. The van der Waals surface area contributed by atoms with Gasteiger partial charge in [-0.05, 0) is 25.0 Å². The number of ether oxygens (including phenoxy) is 3. The Balaban J connectivity index is 2.11. The van der Waals surface area contributed by atoms with E-state index < -0.39 is 0 Å². The lowest BCUT2D eigenvalue weighted by Crippen LogP contribution is -2.49. The van der Waals surface area contributed by atoms with Crippen molar-refractivity contribution in [2.75, 3.05) is 26.3 Å². The van der Waals surface area contributed by atoms with Gasteiger partial charge in [0.1, 0.15) is 12.2 Å². The molecule has 2 heterocycles. The predicted molar refractivity (Wildman–Crippen MR) is 77.3 cm³/mol. The highest BCUT2D eigenvalue weighted by molar-refractivity contribution is 5.32. The molecule has 1 N–H and O–H groups in total. The SMILES string of the molecule is CCOc1ncccc1OC(C(C)C)C1CNCCO1. The molecule has 1 fully saturated rings. The highest BCUT2D eigenvalue weighted by atomic mass is 16.6. The zero-order valence-electron chi connectivity index (χ0n) is 12.5. The molecular weight excluding hydrogens is 256 g/mol. The van der Waals surface area contributed by atoms with Crippen LogP contribution in [0.2, 0.25) is 0 Å². The van der Waals surface area contributed by atoms with Gasteiger partial charge in [-0.25, -0.2) is 4.98 Å². The van der Waals surface area contributed by atoms with E-state index in [1.165, 1.54) is 0 Å². The van der Waals surface area contributed by atoms with Crippen LogP contribution in [0.4, 0.5) is 0 Å². The predicted octanol–water partition coefficient (Wildman–Crippen LogP) is 1.87. The number of nitrogens with one attached hydrogen (secondary N) is 1. The van der Waals surface area contributed by atoms with E-state index in [9.17, 15) is 0 Å². The van der Waals surface area contributed by atoms with Crippen molar-refractivity contribution in [3.05, 3.63) is 18.3 Å². The lowest BCUT2D eigenvalue weighted by atomic mass is 10.0. The summed E-state index contributed by atoms with van der Waals surface area (Å²) in [6, 6.07) is 3.75. The van der Waals surface area contributed by atoms with Crippen LogP contribution in [-0.4, -0.2) is 43.5 Å². The zero-order valence-corrected chi connectivity index (χ0v) is 12.5. The molecule has 112 valence electrons. The van der Waals surface area contributed by atoms with Crippen LogP contribution in [0, 0.1) is 5.92 Å². The molecule has 1 aliphatic rings. The van der Waals surface area contributed by atoms with Gasteiger partial charge in [0, 0.05) is 19.3 Å². The molecule has 0 radical (unpaired) electrons. The second kappa shape index (κ2) is 7.45. The normalized spacial score (nSPS) is 20.7. The van der Waals surface area contributed by atoms with E-state index in [2.05, 4.69) is 24.1 Å². The molecular formula is C15H24N2O3. The second-order valence-corrected chi connectivity index (χ2v) is 5.18. The number of nitrogens with zero attached hydrogens (tertiary/aromatic N) is 1. The summed E-state index contributed by atoms with van der Waals surface area (Å²) in [4.78, 5) is 4.22. The molecule has 0 bridgehead atoms. The van der Waals surface area contributed by atoms with Gasteiger partial charge in [-0.3, -0.25) is 0 Å². The first-order valence-corrected chi connectivity index (χ1v) is 7.29. The van der Waals surface area contributed by atoms with Crippen LogP contribution in [0.15, 0.2) is 18.3 Å². The maximum Gasteiger partial charge on any atom is 0.256 e. The van der Waals surface area contributed by atoms with E-state index >= 15 is 0 Å². The van der Waals surface area contributed by atoms with Crippen LogP contribution >= 0.6 is 0 Å². The van der Waals surface area contributed by atoms with Crippen molar-refractivity contribution >= 4 is 0 Å². The monoisotopic (exact) mass is 280 g/mol. The molecule has 1 aromatic rings. The number of rotatable bonds is 6. The molecule has 0 spiro atoms. The molecule has 0 amide bonds. The topological polar surface area (TPSA) is 52.6 Å². The number of aromatic nitrogens is 1. The van der Waals surface area contributed by atoms with Crippen molar-refractivity contribution in [3.8, 4) is 11.6 Å². The van der Waals surface area contributed by atoms with E-state index in [1.807, 2.05) is 19.1 Å². The number of morpholine rings is 1. The average Bonchev–Trinajstić information content (AvgIpc) is 2.47. The molecule has 1 saturated heterocycles. The van der Waals surface area contributed by atoms with Crippen LogP contribution in [-0.2, 0) is 4.74 Å². The molecule has 5 heteroatoms. The molecule has 20 heavy (non-hydrogen) atoms. The van der Waals surface area contributed by atoms with E-state index in [0.717, 1.165) is 19.7 Å². The third-order valence-electron chi connectivity index (χ3n) is 3.26. The van der Waals surface area contributed by atoms with Gasteiger partial charge in [-0.15, -0.1) is 0 Å². The number of pyridine rings is 1. The van der Waals surface area contributed by atoms with Crippen LogP contribution in [0.1, 0.15) is 20.8 Å². The van der Waals surface area contributed by atoms with Crippen molar-refractivity contribution in [1.82, 2.24) is 10.3 Å². The highest BCUT2D eigenvalue weighted by Crippen LogP contribution is 2.27. The summed E-state index contributed by atoms with van der Waals surface area (Å²) in [6.07, 6.45) is 1.74. The van der Waals surface area contributed by atoms with Crippen molar-refractivity contribution in [2.45, 2.75) is 33.0 Å². The van der Waals surface area contributed by atoms with Crippen molar-refractivity contribution in [3.63, 3.8) is 0 Å². The first-order valence-electron chi connectivity index (χ1n) is 7.29. The van der Waals surface area contributed by atoms with Gasteiger partial charge in [0.25, 0.3) is 5.88 Å². The van der Waals surface area contributed by atoms with Crippen LogP contribution in [0.5, 0.6) is 11.6 Å². The molecule has 2 atom stereocenters. The molecule has 2 rings (SSSR count). The fourth-order valence-electron chi connectivity index (χ4n) is 2.30. The largest absolute Gasteiger partial charge is 0.482 e. The summed E-state index contributed by atoms with van der Waals surface area (Å²) >= 11 is 0. The van der Waals surface area contributed by atoms with Crippen molar-refractivity contribution < 1.29 is 14.2 Å². The van der Waals surface area contributed by atoms with Crippen LogP contribution in [0.3, 0.4) is 0 Å².